The molecule has 0 aromatic heterocycles. The lowest BCUT2D eigenvalue weighted by molar-refractivity contribution is -0.142. The number of carbonyl (C=O) groups is 1. The molecule has 19 heavy (non-hydrogen) atoms. The molecule has 1 atom stereocenters. The summed E-state index contributed by atoms with van der Waals surface area (Å²) in [5, 5.41) is 9.54. The SMILES string of the molecule is CCC(OC)(c1ccccc1I)N(C(=O)O)C(C)C. The zero-order valence-corrected chi connectivity index (χ0v) is 13.8. The first kappa shape index (κ1) is 16.2. The topological polar surface area (TPSA) is 49.8 Å². The first-order valence-electron chi connectivity index (χ1n) is 6.23. The Kier molecular flexibility index (Phi) is 5.61. The van der Waals surface area contributed by atoms with E-state index in [-0.39, 0.29) is 6.04 Å². The summed E-state index contributed by atoms with van der Waals surface area (Å²) >= 11 is 2.21. The third-order valence-corrected chi connectivity index (χ3v) is 4.16. The Morgan fingerprint density at radius 1 is 1.47 bits per heavy atom. The number of ether oxygens (including phenoxy) is 1. The number of benzene rings is 1. The van der Waals surface area contributed by atoms with Gasteiger partial charge in [-0.3, -0.25) is 4.90 Å². The van der Waals surface area contributed by atoms with Crippen LogP contribution in [-0.4, -0.2) is 29.3 Å². The Morgan fingerprint density at radius 2 is 2.05 bits per heavy atom. The number of amides is 1. The van der Waals surface area contributed by atoms with Gasteiger partial charge in [-0.1, -0.05) is 25.1 Å². The molecule has 4 nitrogen and oxygen atoms in total. The number of hydrogen-bond donors (Lipinski definition) is 1. The van der Waals surface area contributed by atoms with Gasteiger partial charge in [0.15, 0.2) is 5.72 Å². The predicted octanol–water partition coefficient (Wildman–Crippen LogP) is 3.89. The largest absolute Gasteiger partial charge is 0.465 e. The van der Waals surface area contributed by atoms with Crippen LogP contribution in [0.4, 0.5) is 4.79 Å². The van der Waals surface area contributed by atoms with E-state index in [1.54, 1.807) is 7.11 Å². The Labute approximate surface area is 127 Å². The number of carboxylic acid groups (broad SMARTS) is 1. The first-order chi connectivity index (χ1) is 8.90. The van der Waals surface area contributed by atoms with Gasteiger partial charge in [0.25, 0.3) is 0 Å². The van der Waals surface area contributed by atoms with Crippen molar-refractivity contribution in [3.63, 3.8) is 0 Å². The number of nitrogens with zero attached hydrogens (tertiary/aromatic N) is 1. The third kappa shape index (κ3) is 3.02. The number of hydrogen-bond acceptors (Lipinski definition) is 2. The van der Waals surface area contributed by atoms with Crippen LogP contribution in [0.5, 0.6) is 0 Å². The smallest absolute Gasteiger partial charge is 0.410 e. The van der Waals surface area contributed by atoms with Crippen molar-refractivity contribution in [1.29, 1.82) is 0 Å². The van der Waals surface area contributed by atoms with Crippen molar-refractivity contribution in [3.05, 3.63) is 33.4 Å². The predicted molar refractivity (Wildman–Crippen MR) is 83.1 cm³/mol. The van der Waals surface area contributed by atoms with Gasteiger partial charge < -0.3 is 9.84 Å². The molecule has 0 aliphatic rings. The molecule has 1 unspecified atom stereocenters. The van der Waals surface area contributed by atoms with Crippen LogP contribution in [0, 0.1) is 3.57 Å². The van der Waals surface area contributed by atoms with Crippen LogP contribution in [0.2, 0.25) is 0 Å². The Balaban J connectivity index is 3.47. The highest BCUT2D eigenvalue weighted by molar-refractivity contribution is 14.1. The van der Waals surface area contributed by atoms with Crippen molar-refractivity contribution in [1.82, 2.24) is 4.90 Å². The molecule has 0 saturated heterocycles. The quantitative estimate of drug-likeness (QED) is 0.626. The second-order valence-corrected chi connectivity index (χ2v) is 5.73. The van der Waals surface area contributed by atoms with E-state index >= 15 is 0 Å². The van der Waals surface area contributed by atoms with E-state index in [9.17, 15) is 9.90 Å². The summed E-state index contributed by atoms with van der Waals surface area (Å²) in [5.74, 6) is 0. The molecule has 1 aromatic rings. The third-order valence-electron chi connectivity index (χ3n) is 3.22. The lowest BCUT2D eigenvalue weighted by Gasteiger charge is -2.43. The fourth-order valence-corrected chi connectivity index (χ4v) is 3.22. The average Bonchev–Trinajstić information content (AvgIpc) is 2.35. The van der Waals surface area contributed by atoms with E-state index in [0.717, 1.165) is 9.13 Å². The minimum atomic E-state index is -0.974. The van der Waals surface area contributed by atoms with Crippen molar-refractivity contribution in [2.24, 2.45) is 0 Å². The fourth-order valence-electron chi connectivity index (χ4n) is 2.41. The van der Waals surface area contributed by atoms with Gasteiger partial charge in [0, 0.05) is 22.3 Å². The van der Waals surface area contributed by atoms with Gasteiger partial charge in [0.1, 0.15) is 0 Å². The highest BCUT2D eigenvalue weighted by Crippen LogP contribution is 2.37. The zero-order chi connectivity index (χ0) is 14.6. The molecule has 0 radical (unpaired) electrons. The maximum atomic E-state index is 11.6. The van der Waals surface area contributed by atoms with Crippen LogP contribution in [0.3, 0.4) is 0 Å². The van der Waals surface area contributed by atoms with Crippen LogP contribution in [-0.2, 0) is 10.5 Å². The van der Waals surface area contributed by atoms with E-state index in [1.807, 2.05) is 45.0 Å². The van der Waals surface area contributed by atoms with Gasteiger partial charge in [-0.2, -0.15) is 0 Å². The molecule has 0 heterocycles. The summed E-state index contributed by atoms with van der Waals surface area (Å²) in [5.41, 5.74) is -0.0608. The summed E-state index contributed by atoms with van der Waals surface area (Å²) in [6.07, 6.45) is -0.424. The molecule has 1 rings (SSSR count). The maximum Gasteiger partial charge on any atom is 0.410 e. The highest BCUT2D eigenvalue weighted by Gasteiger charge is 2.43. The molecule has 1 amide bonds. The monoisotopic (exact) mass is 377 g/mol. The lowest BCUT2D eigenvalue weighted by Crippen LogP contribution is -2.53. The van der Waals surface area contributed by atoms with E-state index in [2.05, 4.69) is 22.6 Å². The summed E-state index contributed by atoms with van der Waals surface area (Å²) in [7, 11) is 1.56. The summed E-state index contributed by atoms with van der Waals surface area (Å²) < 4.78 is 6.68. The van der Waals surface area contributed by atoms with Gasteiger partial charge in [-0.15, -0.1) is 0 Å². The standard InChI is InChI=1S/C14H20INO3/c1-5-14(19-4,16(10(2)3)13(17)18)11-8-6-7-9-12(11)15/h6-10H,5H2,1-4H3,(H,17,18). The minimum Gasteiger partial charge on any atom is -0.465 e. The van der Waals surface area contributed by atoms with Gasteiger partial charge in [-0.25, -0.2) is 4.79 Å². The van der Waals surface area contributed by atoms with Crippen molar-refractivity contribution in [2.75, 3.05) is 7.11 Å². The highest BCUT2D eigenvalue weighted by atomic mass is 127. The van der Waals surface area contributed by atoms with Gasteiger partial charge in [0.2, 0.25) is 0 Å². The van der Waals surface area contributed by atoms with Crippen LogP contribution in [0.25, 0.3) is 0 Å². The summed E-state index contributed by atoms with van der Waals surface area (Å²) in [6.45, 7) is 5.64. The van der Waals surface area contributed by atoms with Crippen molar-refractivity contribution in [3.8, 4) is 0 Å². The average molecular weight is 377 g/mol. The fraction of sp³-hybridized carbons (Fsp3) is 0.500. The van der Waals surface area contributed by atoms with E-state index < -0.39 is 11.8 Å². The number of halogens is 1. The normalized spacial score (nSPS) is 14.2. The van der Waals surface area contributed by atoms with Crippen LogP contribution in [0.1, 0.15) is 32.8 Å². The number of methoxy groups -OCH3 is 1. The molecule has 1 N–H and O–H groups in total. The Hall–Kier alpha value is -0.820. The Bertz CT molecular complexity index is 444. The molecule has 106 valence electrons. The van der Waals surface area contributed by atoms with Crippen molar-refractivity contribution >= 4 is 28.7 Å². The van der Waals surface area contributed by atoms with Gasteiger partial charge in [0.05, 0.1) is 0 Å². The first-order valence-corrected chi connectivity index (χ1v) is 7.31. The molecule has 0 aliphatic carbocycles. The molecule has 0 saturated carbocycles. The van der Waals surface area contributed by atoms with E-state index in [0.29, 0.717) is 6.42 Å². The zero-order valence-electron chi connectivity index (χ0n) is 11.7. The van der Waals surface area contributed by atoms with Gasteiger partial charge in [-0.05, 0) is 48.9 Å². The molecule has 0 bridgehead atoms. The second-order valence-electron chi connectivity index (χ2n) is 4.57. The van der Waals surface area contributed by atoms with Crippen LogP contribution < -0.4 is 0 Å². The van der Waals surface area contributed by atoms with Crippen LogP contribution >= 0.6 is 22.6 Å². The van der Waals surface area contributed by atoms with Crippen molar-refractivity contribution in [2.45, 2.75) is 39.0 Å². The van der Waals surface area contributed by atoms with E-state index in [1.165, 1.54) is 4.90 Å². The summed E-state index contributed by atoms with van der Waals surface area (Å²) in [6, 6.07) is 7.55. The molecule has 5 heteroatoms. The molecule has 0 fully saturated rings. The molecule has 1 aromatic carbocycles. The lowest BCUT2D eigenvalue weighted by atomic mass is 9.96. The Morgan fingerprint density at radius 3 is 2.42 bits per heavy atom. The van der Waals surface area contributed by atoms with Gasteiger partial charge >= 0.3 is 6.09 Å². The van der Waals surface area contributed by atoms with Crippen LogP contribution in [0.15, 0.2) is 24.3 Å². The summed E-state index contributed by atoms with van der Waals surface area (Å²) in [4.78, 5) is 13.0. The van der Waals surface area contributed by atoms with E-state index in [4.69, 9.17) is 4.74 Å². The molecule has 0 aliphatic heterocycles. The minimum absolute atomic E-state index is 0.173. The second kappa shape index (κ2) is 6.56. The number of rotatable bonds is 5. The maximum absolute atomic E-state index is 11.6. The molecular formula is C14H20INO3. The molecule has 0 spiro atoms. The molecular weight excluding hydrogens is 357 g/mol. The van der Waals surface area contributed by atoms with Crippen molar-refractivity contribution < 1.29 is 14.6 Å².